The van der Waals surface area contributed by atoms with E-state index >= 15 is 0 Å². The van der Waals surface area contributed by atoms with Crippen molar-refractivity contribution in [2.75, 3.05) is 0 Å². The lowest BCUT2D eigenvalue weighted by molar-refractivity contribution is 0.739. The van der Waals surface area contributed by atoms with Gasteiger partial charge in [-0.1, -0.05) is 62.8 Å². The molecule has 0 heterocycles. The molecule has 13 heavy (non-hydrogen) atoms. The van der Waals surface area contributed by atoms with E-state index in [4.69, 9.17) is 0 Å². The lowest BCUT2D eigenvalue weighted by Crippen LogP contribution is -1.91. The van der Waals surface area contributed by atoms with Crippen molar-refractivity contribution in [1.82, 2.24) is 0 Å². The first-order valence-electron chi connectivity index (χ1n) is 4.99. The van der Waals surface area contributed by atoms with Gasteiger partial charge in [0, 0.05) is 0 Å². The molecule has 1 aromatic rings. The van der Waals surface area contributed by atoms with Gasteiger partial charge in [0.25, 0.3) is 0 Å². The van der Waals surface area contributed by atoms with Crippen LogP contribution in [0.15, 0.2) is 35.9 Å². The van der Waals surface area contributed by atoms with Crippen molar-refractivity contribution in [2.45, 2.75) is 27.2 Å². The highest BCUT2D eigenvalue weighted by atomic mass is 14.0. The molecule has 1 rings (SSSR count). The molecule has 0 bridgehead atoms. The van der Waals surface area contributed by atoms with Gasteiger partial charge in [0.2, 0.25) is 0 Å². The highest BCUT2D eigenvalue weighted by Gasteiger charge is 1.99. The third-order valence-electron chi connectivity index (χ3n) is 2.30. The first kappa shape index (κ1) is 10.0. The fourth-order valence-corrected chi connectivity index (χ4v) is 1.44. The molecular weight excluding hydrogens is 156 g/mol. The first-order chi connectivity index (χ1) is 6.24. The quantitative estimate of drug-likeness (QED) is 0.646. The largest absolute Gasteiger partial charge is 0.0673 e. The van der Waals surface area contributed by atoms with Crippen molar-refractivity contribution in [3.05, 3.63) is 41.5 Å². The Labute approximate surface area is 81.3 Å². The Kier molecular flexibility index (Phi) is 3.75. The second kappa shape index (κ2) is 4.86. The normalized spacial score (nSPS) is 12.2. The molecule has 0 aliphatic rings. The second-order valence-corrected chi connectivity index (χ2v) is 3.64. The summed E-state index contributed by atoms with van der Waals surface area (Å²) >= 11 is 0. The molecule has 0 amide bonds. The molecule has 0 heteroatoms. The molecule has 0 fully saturated rings. The van der Waals surface area contributed by atoms with Gasteiger partial charge < -0.3 is 0 Å². The summed E-state index contributed by atoms with van der Waals surface area (Å²) < 4.78 is 0. The van der Waals surface area contributed by atoms with Crippen molar-refractivity contribution in [3.8, 4) is 0 Å². The molecule has 1 aromatic carbocycles. The fourth-order valence-electron chi connectivity index (χ4n) is 1.44. The summed E-state index contributed by atoms with van der Waals surface area (Å²) in [6, 6.07) is 10.5. The molecule has 0 radical (unpaired) electrons. The van der Waals surface area contributed by atoms with Gasteiger partial charge in [-0.25, -0.2) is 0 Å². The van der Waals surface area contributed by atoms with Crippen LogP contribution in [0.4, 0.5) is 0 Å². The van der Waals surface area contributed by atoms with Crippen LogP contribution in [0, 0.1) is 5.92 Å². The van der Waals surface area contributed by atoms with Gasteiger partial charge in [-0.3, -0.25) is 0 Å². The van der Waals surface area contributed by atoms with E-state index in [1.807, 2.05) is 0 Å². The minimum Gasteiger partial charge on any atom is -0.0673 e. The van der Waals surface area contributed by atoms with Crippen LogP contribution in [0.25, 0.3) is 6.08 Å². The van der Waals surface area contributed by atoms with Crippen molar-refractivity contribution >= 4 is 6.08 Å². The third kappa shape index (κ3) is 3.06. The Balaban J connectivity index is 2.85. The second-order valence-electron chi connectivity index (χ2n) is 3.64. The number of rotatable bonds is 3. The van der Waals surface area contributed by atoms with Crippen LogP contribution in [0.5, 0.6) is 0 Å². The number of allylic oxidation sites excluding steroid dienone is 1. The molecule has 0 unspecified atom stereocenters. The molecular formula is C13H18. The van der Waals surface area contributed by atoms with Crippen LogP contribution in [-0.4, -0.2) is 0 Å². The topological polar surface area (TPSA) is 0 Å². The molecule has 0 atom stereocenters. The maximum Gasteiger partial charge on any atom is -0.0257 e. The minimum atomic E-state index is 0.658. The van der Waals surface area contributed by atoms with Gasteiger partial charge in [-0.2, -0.15) is 0 Å². The van der Waals surface area contributed by atoms with Gasteiger partial charge in [0.1, 0.15) is 0 Å². The Morgan fingerprint density at radius 1 is 1.23 bits per heavy atom. The Morgan fingerprint density at radius 2 is 1.85 bits per heavy atom. The monoisotopic (exact) mass is 174 g/mol. The maximum absolute atomic E-state index is 2.30. The summed E-state index contributed by atoms with van der Waals surface area (Å²) in [6.07, 6.45) is 3.44. The Bertz CT molecular complexity index is 267. The zero-order valence-electron chi connectivity index (χ0n) is 8.75. The summed E-state index contributed by atoms with van der Waals surface area (Å²) in [5.41, 5.74) is 2.83. The summed E-state index contributed by atoms with van der Waals surface area (Å²) in [4.78, 5) is 0. The Hall–Kier alpha value is -1.04. The predicted molar refractivity (Wildman–Crippen MR) is 59.5 cm³/mol. The number of hydrogen-bond donors (Lipinski definition) is 0. The first-order valence-corrected chi connectivity index (χ1v) is 4.99. The van der Waals surface area contributed by atoms with Crippen molar-refractivity contribution in [1.29, 1.82) is 0 Å². The van der Waals surface area contributed by atoms with E-state index in [9.17, 15) is 0 Å². The number of benzene rings is 1. The van der Waals surface area contributed by atoms with Crippen LogP contribution < -0.4 is 0 Å². The van der Waals surface area contributed by atoms with Crippen molar-refractivity contribution < 1.29 is 0 Å². The van der Waals surface area contributed by atoms with E-state index in [1.54, 1.807) is 0 Å². The molecule has 0 saturated heterocycles. The predicted octanol–water partition coefficient (Wildman–Crippen LogP) is 4.14. The fraction of sp³-hybridized carbons (Fsp3) is 0.385. The lowest BCUT2D eigenvalue weighted by atomic mass is 9.98. The van der Waals surface area contributed by atoms with Crippen LogP contribution in [0.1, 0.15) is 32.8 Å². The summed E-state index contributed by atoms with van der Waals surface area (Å²) in [5, 5.41) is 0. The van der Waals surface area contributed by atoms with Crippen LogP contribution in [0.2, 0.25) is 0 Å². The van der Waals surface area contributed by atoms with Gasteiger partial charge in [0.05, 0.1) is 0 Å². The molecule has 0 N–H and O–H groups in total. The van der Waals surface area contributed by atoms with Gasteiger partial charge >= 0.3 is 0 Å². The van der Waals surface area contributed by atoms with Crippen LogP contribution >= 0.6 is 0 Å². The van der Waals surface area contributed by atoms with E-state index in [2.05, 4.69) is 57.2 Å². The van der Waals surface area contributed by atoms with Gasteiger partial charge in [-0.15, -0.1) is 0 Å². The molecule has 0 aliphatic carbocycles. The zero-order chi connectivity index (χ0) is 9.68. The van der Waals surface area contributed by atoms with Crippen molar-refractivity contribution in [3.63, 3.8) is 0 Å². The highest BCUT2D eigenvalue weighted by molar-refractivity contribution is 5.52. The third-order valence-corrected chi connectivity index (χ3v) is 2.30. The smallest absolute Gasteiger partial charge is 0.0257 e. The molecule has 0 spiro atoms. The average molecular weight is 174 g/mol. The molecule has 0 aliphatic heterocycles. The molecule has 0 nitrogen and oxygen atoms in total. The molecule has 0 aromatic heterocycles. The SMILES string of the molecule is CC/C(=C\c1ccccc1)C(C)C. The van der Waals surface area contributed by atoms with E-state index in [0.29, 0.717) is 5.92 Å². The van der Waals surface area contributed by atoms with Gasteiger partial charge in [0.15, 0.2) is 0 Å². The Morgan fingerprint density at radius 3 is 2.31 bits per heavy atom. The molecule has 70 valence electrons. The average Bonchev–Trinajstić information content (AvgIpc) is 2.15. The maximum atomic E-state index is 2.30. The van der Waals surface area contributed by atoms with Gasteiger partial charge in [-0.05, 0) is 17.9 Å². The summed E-state index contributed by atoms with van der Waals surface area (Å²) in [7, 11) is 0. The van der Waals surface area contributed by atoms with Crippen LogP contribution in [-0.2, 0) is 0 Å². The lowest BCUT2D eigenvalue weighted by Gasteiger charge is -2.08. The standard InChI is InChI=1S/C13H18/c1-4-13(11(2)3)10-12-8-6-5-7-9-12/h5-11H,4H2,1-3H3/b13-10+. The summed E-state index contributed by atoms with van der Waals surface area (Å²) in [6.45, 7) is 6.71. The zero-order valence-corrected chi connectivity index (χ0v) is 8.75. The number of hydrogen-bond acceptors (Lipinski definition) is 0. The molecule has 0 saturated carbocycles. The van der Waals surface area contributed by atoms with E-state index in [0.717, 1.165) is 6.42 Å². The van der Waals surface area contributed by atoms with E-state index in [-0.39, 0.29) is 0 Å². The summed E-state index contributed by atoms with van der Waals surface area (Å²) in [5.74, 6) is 0.658. The van der Waals surface area contributed by atoms with E-state index < -0.39 is 0 Å². The van der Waals surface area contributed by atoms with Crippen molar-refractivity contribution in [2.24, 2.45) is 5.92 Å². The minimum absolute atomic E-state index is 0.658. The highest BCUT2D eigenvalue weighted by Crippen LogP contribution is 2.17. The van der Waals surface area contributed by atoms with E-state index in [1.165, 1.54) is 11.1 Å². The van der Waals surface area contributed by atoms with Crippen LogP contribution in [0.3, 0.4) is 0 Å².